The van der Waals surface area contributed by atoms with Crippen LogP contribution in [0.5, 0.6) is 0 Å². The van der Waals surface area contributed by atoms with E-state index in [2.05, 4.69) is 66.2 Å². The summed E-state index contributed by atoms with van der Waals surface area (Å²) in [5.74, 6) is 0. The highest BCUT2D eigenvalue weighted by atomic mass is 15.0. The number of hydrogen-bond donors (Lipinski definition) is 1. The SMILES string of the molecule is Cc1cccc(-c2ccc3cc4n(c3c2)CCNCC4)c1C. The van der Waals surface area contributed by atoms with Crippen LogP contribution in [0.25, 0.3) is 22.0 Å². The van der Waals surface area contributed by atoms with E-state index in [0.717, 1.165) is 26.1 Å². The Morgan fingerprint density at radius 2 is 1.91 bits per heavy atom. The average Bonchev–Trinajstić information content (AvgIpc) is 2.71. The van der Waals surface area contributed by atoms with E-state index in [9.17, 15) is 0 Å². The van der Waals surface area contributed by atoms with Gasteiger partial charge in [0.05, 0.1) is 0 Å². The number of benzene rings is 2. The quantitative estimate of drug-likeness (QED) is 0.715. The van der Waals surface area contributed by atoms with Gasteiger partial charge in [0, 0.05) is 37.3 Å². The Hall–Kier alpha value is -2.06. The van der Waals surface area contributed by atoms with E-state index in [1.165, 1.54) is 38.9 Å². The maximum Gasteiger partial charge on any atom is 0.0489 e. The van der Waals surface area contributed by atoms with Gasteiger partial charge in [0.25, 0.3) is 0 Å². The molecule has 0 unspecified atom stereocenters. The predicted octanol–water partition coefficient (Wildman–Crippen LogP) is 4.07. The van der Waals surface area contributed by atoms with Gasteiger partial charge in [0.15, 0.2) is 0 Å². The molecule has 1 aliphatic heterocycles. The van der Waals surface area contributed by atoms with Crippen LogP contribution in [0.3, 0.4) is 0 Å². The van der Waals surface area contributed by atoms with Gasteiger partial charge in [-0.1, -0.05) is 30.3 Å². The van der Waals surface area contributed by atoms with Crippen LogP contribution in [0.1, 0.15) is 16.8 Å². The molecule has 2 heterocycles. The van der Waals surface area contributed by atoms with E-state index < -0.39 is 0 Å². The van der Waals surface area contributed by atoms with Gasteiger partial charge in [-0.3, -0.25) is 0 Å². The molecule has 0 saturated carbocycles. The van der Waals surface area contributed by atoms with Crippen LogP contribution in [-0.4, -0.2) is 17.7 Å². The fourth-order valence-corrected chi connectivity index (χ4v) is 3.55. The lowest BCUT2D eigenvalue weighted by Gasteiger charge is -2.11. The molecule has 4 rings (SSSR count). The Labute approximate surface area is 131 Å². The van der Waals surface area contributed by atoms with Crippen LogP contribution < -0.4 is 5.32 Å². The second-order valence-electron chi connectivity index (χ2n) is 6.31. The second-order valence-corrected chi connectivity index (χ2v) is 6.31. The molecule has 1 aliphatic rings. The number of hydrogen-bond acceptors (Lipinski definition) is 1. The van der Waals surface area contributed by atoms with Crippen LogP contribution in [0, 0.1) is 13.8 Å². The maximum atomic E-state index is 3.49. The summed E-state index contributed by atoms with van der Waals surface area (Å²) in [5, 5.41) is 4.85. The zero-order valence-electron chi connectivity index (χ0n) is 13.3. The Kier molecular flexibility index (Phi) is 3.27. The first-order chi connectivity index (χ1) is 10.7. The second kappa shape index (κ2) is 5.29. The van der Waals surface area contributed by atoms with Gasteiger partial charge < -0.3 is 9.88 Å². The van der Waals surface area contributed by atoms with Crippen molar-refractivity contribution in [3.8, 4) is 11.1 Å². The fraction of sp³-hybridized carbons (Fsp3) is 0.300. The highest BCUT2D eigenvalue weighted by Gasteiger charge is 2.13. The molecule has 1 N–H and O–H groups in total. The summed E-state index contributed by atoms with van der Waals surface area (Å²) in [6.07, 6.45) is 1.12. The largest absolute Gasteiger partial charge is 0.343 e. The average molecular weight is 290 g/mol. The number of rotatable bonds is 1. The van der Waals surface area contributed by atoms with Crippen LogP contribution in [0.4, 0.5) is 0 Å². The number of aryl methyl sites for hydroxylation is 1. The standard InChI is InChI=1S/C20H22N2/c1-14-4-3-5-19(15(14)2)16-6-7-17-12-18-8-9-21-10-11-22(18)20(17)13-16/h3-7,12-13,21H,8-11H2,1-2H3. The molecule has 0 bridgehead atoms. The Bertz CT molecular complexity index is 842. The lowest BCUT2D eigenvalue weighted by atomic mass is 9.96. The Balaban J connectivity index is 1.90. The molecule has 0 saturated heterocycles. The third-order valence-corrected chi connectivity index (χ3v) is 4.98. The smallest absolute Gasteiger partial charge is 0.0489 e. The topological polar surface area (TPSA) is 17.0 Å². The molecule has 112 valence electrons. The van der Waals surface area contributed by atoms with E-state index >= 15 is 0 Å². The molecule has 0 fully saturated rings. The maximum absolute atomic E-state index is 3.49. The van der Waals surface area contributed by atoms with Crippen molar-refractivity contribution in [1.29, 1.82) is 0 Å². The minimum Gasteiger partial charge on any atom is -0.343 e. The van der Waals surface area contributed by atoms with Crippen molar-refractivity contribution in [2.24, 2.45) is 0 Å². The molecular weight excluding hydrogens is 268 g/mol. The van der Waals surface area contributed by atoms with Gasteiger partial charge in [-0.2, -0.15) is 0 Å². The fourth-order valence-electron chi connectivity index (χ4n) is 3.55. The van der Waals surface area contributed by atoms with Gasteiger partial charge in [0.1, 0.15) is 0 Å². The monoisotopic (exact) mass is 290 g/mol. The van der Waals surface area contributed by atoms with E-state index in [0.29, 0.717) is 0 Å². The Morgan fingerprint density at radius 1 is 1.00 bits per heavy atom. The first-order valence-electron chi connectivity index (χ1n) is 8.13. The van der Waals surface area contributed by atoms with E-state index in [4.69, 9.17) is 0 Å². The van der Waals surface area contributed by atoms with E-state index in [1.807, 2.05) is 0 Å². The van der Waals surface area contributed by atoms with Crippen molar-refractivity contribution in [1.82, 2.24) is 9.88 Å². The summed E-state index contributed by atoms with van der Waals surface area (Å²) in [5.41, 5.74) is 8.24. The molecule has 0 atom stereocenters. The molecular formula is C20H22N2. The molecule has 0 spiro atoms. The van der Waals surface area contributed by atoms with E-state index in [-0.39, 0.29) is 0 Å². The summed E-state index contributed by atoms with van der Waals surface area (Å²) < 4.78 is 2.49. The molecule has 0 radical (unpaired) electrons. The molecule has 2 heteroatoms. The van der Waals surface area contributed by atoms with Crippen LogP contribution >= 0.6 is 0 Å². The first kappa shape index (κ1) is 13.6. The molecule has 2 aromatic carbocycles. The number of nitrogens with one attached hydrogen (secondary N) is 1. The van der Waals surface area contributed by atoms with Crippen molar-refractivity contribution in [2.45, 2.75) is 26.8 Å². The first-order valence-corrected chi connectivity index (χ1v) is 8.13. The van der Waals surface area contributed by atoms with Crippen LogP contribution in [0.15, 0.2) is 42.5 Å². The minimum absolute atomic E-state index is 1.06. The third-order valence-electron chi connectivity index (χ3n) is 4.98. The van der Waals surface area contributed by atoms with E-state index in [1.54, 1.807) is 0 Å². The van der Waals surface area contributed by atoms with Gasteiger partial charge in [-0.25, -0.2) is 0 Å². The molecule has 2 nitrogen and oxygen atoms in total. The van der Waals surface area contributed by atoms with Crippen molar-refractivity contribution in [3.05, 3.63) is 59.3 Å². The minimum atomic E-state index is 1.06. The normalized spacial score (nSPS) is 14.8. The van der Waals surface area contributed by atoms with Crippen LogP contribution in [-0.2, 0) is 13.0 Å². The van der Waals surface area contributed by atoms with Gasteiger partial charge in [0.2, 0.25) is 0 Å². The lowest BCUT2D eigenvalue weighted by molar-refractivity contribution is 0.658. The van der Waals surface area contributed by atoms with Crippen LogP contribution in [0.2, 0.25) is 0 Å². The van der Waals surface area contributed by atoms with Crippen molar-refractivity contribution >= 4 is 10.9 Å². The van der Waals surface area contributed by atoms with Crippen molar-refractivity contribution in [3.63, 3.8) is 0 Å². The molecule has 0 amide bonds. The number of nitrogens with zero attached hydrogens (tertiary/aromatic N) is 1. The summed E-state index contributed by atoms with van der Waals surface area (Å²) in [6, 6.07) is 15.8. The van der Waals surface area contributed by atoms with Gasteiger partial charge in [-0.15, -0.1) is 0 Å². The number of aromatic nitrogens is 1. The number of fused-ring (bicyclic) bond motifs is 3. The lowest BCUT2D eigenvalue weighted by Crippen LogP contribution is -2.17. The molecule has 0 aliphatic carbocycles. The van der Waals surface area contributed by atoms with Gasteiger partial charge in [-0.05, 0) is 53.6 Å². The summed E-state index contributed by atoms with van der Waals surface area (Å²) in [6.45, 7) is 7.61. The summed E-state index contributed by atoms with van der Waals surface area (Å²) in [7, 11) is 0. The molecule has 3 aromatic rings. The molecule has 1 aromatic heterocycles. The summed E-state index contributed by atoms with van der Waals surface area (Å²) >= 11 is 0. The van der Waals surface area contributed by atoms with Gasteiger partial charge >= 0.3 is 0 Å². The zero-order valence-corrected chi connectivity index (χ0v) is 13.3. The molecule has 22 heavy (non-hydrogen) atoms. The van der Waals surface area contributed by atoms with Crippen molar-refractivity contribution < 1.29 is 0 Å². The Morgan fingerprint density at radius 3 is 2.82 bits per heavy atom. The predicted molar refractivity (Wildman–Crippen MR) is 93.4 cm³/mol. The zero-order chi connectivity index (χ0) is 15.1. The highest BCUT2D eigenvalue weighted by molar-refractivity contribution is 5.87. The van der Waals surface area contributed by atoms with Crippen molar-refractivity contribution in [2.75, 3.05) is 13.1 Å². The summed E-state index contributed by atoms with van der Waals surface area (Å²) in [4.78, 5) is 0. The highest BCUT2D eigenvalue weighted by Crippen LogP contribution is 2.30. The third kappa shape index (κ3) is 2.15.